The zero-order chi connectivity index (χ0) is 14.0. The van der Waals surface area contributed by atoms with Crippen molar-refractivity contribution in [3.63, 3.8) is 0 Å². The molecule has 0 bridgehead atoms. The molecular formula is C14H17N3OS. The Labute approximate surface area is 116 Å². The van der Waals surface area contributed by atoms with Crippen molar-refractivity contribution in [1.82, 2.24) is 4.98 Å². The van der Waals surface area contributed by atoms with Gasteiger partial charge < -0.3 is 11.1 Å². The smallest absolute Gasteiger partial charge is 0.275 e. The van der Waals surface area contributed by atoms with E-state index in [-0.39, 0.29) is 11.9 Å². The Balaban J connectivity index is 2.15. The largest absolute Gasteiger partial charge is 0.322 e. The summed E-state index contributed by atoms with van der Waals surface area (Å²) in [6, 6.07) is 5.79. The second kappa shape index (κ2) is 5.50. The molecule has 0 aliphatic carbocycles. The molecule has 3 N–H and O–H groups in total. The van der Waals surface area contributed by atoms with Gasteiger partial charge in [0.2, 0.25) is 0 Å². The third-order valence-corrected chi connectivity index (χ3v) is 3.67. The summed E-state index contributed by atoms with van der Waals surface area (Å²) in [7, 11) is 0. The maximum absolute atomic E-state index is 12.1. The standard InChI is InChI=1S/C14H17N3OS/c1-8-4-9(2)6-11(5-8)16-13(18)12-7-19-14(17-12)10(3)15/h4-7,10H,15H2,1-3H3,(H,16,18). The number of benzene rings is 1. The van der Waals surface area contributed by atoms with Crippen molar-refractivity contribution in [2.24, 2.45) is 5.73 Å². The van der Waals surface area contributed by atoms with Gasteiger partial charge in [0.25, 0.3) is 5.91 Å². The fourth-order valence-corrected chi connectivity index (χ4v) is 2.60. The molecule has 0 saturated heterocycles. The van der Waals surface area contributed by atoms with Gasteiger partial charge in [0, 0.05) is 11.1 Å². The Kier molecular flexibility index (Phi) is 3.97. The molecule has 2 aromatic rings. The van der Waals surface area contributed by atoms with E-state index in [4.69, 9.17) is 5.73 Å². The summed E-state index contributed by atoms with van der Waals surface area (Å²) in [5, 5.41) is 5.36. The molecule has 19 heavy (non-hydrogen) atoms. The van der Waals surface area contributed by atoms with Crippen molar-refractivity contribution >= 4 is 22.9 Å². The Bertz CT molecular complexity index is 584. The van der Waals surface area contributed by atoms with Crippen LogP contribution in [0.3, 0.4) is 0 Å². The van der Waals surface area contributed by atoms with E-state index in [1.807, 2.05) is 32.9 Å². The van der Waals surface area contributed by atoms with Crippen LogP contribution >= 0.6 is 11.3 Å². The molecule has 1 aromatic heterocycles. The van der Waals surface area contributed by atoms with Crippen LogP contribution in [0, 0.1) is 13.8 Å². The number of aromatic nitrogens is 1. The highest BCUT2D eigenvalue weighted by Crippen LogP contribution is 2.18. The van der Waals surface area contributed by atoms with E-state index < -0.39 is 0 Å². The number of thiazole rings is 1. The second-order valence-electron chi connectivity index (χ2n) is 4.69. The number of carbonyl (C=O) groups excluding carboxylic acids is 1. The lowest BCUT2D eigenvalue weighted by molar-refractivity contribution is 0.102. The van der Waals surface area contributed by atoms with E-state index in [1.165, 1.54) is 11.3 Å². The molecule has 100 valence electrons. The molecule has 0 saturated carbocycles. The molecule has 0 aliphatic rings. The number of anilines is 1. The zero-order valence-corrected chi connectivity index (χ0v) is 12.0. The number of nitrogens with zero attached hydrogens (tertiary/aromatic N) is 1. The molecule has 1 amide bonds. The monoisotopic (exact) mass is 275 g/mol. The van der Waals surface area contributed by atoms with Crippen molar-refractivity contribution < 1.29 is 4.79 Å². The number of nitrogens with two attached hydrogens (primary N) is 1. The molecule has 1 aromatic carbocycles. The van der Waals surface area contributed by atoms with Crippen LogP contribution in [0.15, 0.2) is 23.6 Å². The van der Waals surface area contributed by atoms with Crippen LogP contribution in [0.4, 0.5) is 5.69 Å². The Morgan fingerprint density at radius 2 is 1.95 bits per heavy atom. The third-order valence-electron chi connectivity index (χ3n) is 2.62. The van der Waals surface area contributed by atoms with E-state index in [0.717, 1.165) is 21.8 Å². The maximum Gasteiger partial charge on any atom is 0.275 e. The number of hydrogen-bond acceptors (Lipinski definition) is 4. The minimum atomic E-state index is -0.201. The molecule has 0 radical (unpaired) electrons. The van der Waals surface area contributed by atoms with Gasteiger partial charge in [0.15, 0.2) is 0 Å². The fraction of sp³-hybridized carbons (Fsp3) is 0.286. The van der Waals surface area contributed by atoms with Gasteiger partial charge in [-0.15, -0.1) is 11.3 Å². The topological polar surface area (TPSA) is 68.0 Å². The lowest BCUT2D eigenvalue weighted by Gasteiger charge is -2.06. The van der Waals surface area contributed by atoms with E-state index >= 15 is 0 Å². The summed E-state index contributed by atoms with van der Waals surface area (Å²) >= 11 is 1.41. The summed E-state index contributed by atoms with van der Waals surface area (Å²) in [6.07, 6.45) is 0. The first kappa shape index (κ1) is 13.7. The maximum atomic E-state index is 12.1. The van der Waals surface area contributed by atoms with Gasteiger partial charge in [-0.25, -0.2) is 4.98 Å². The van der Waals surface area contributed by atoms with Crippen molar-refractivity contribution in [3.8, 4) is 0 Å². The molecule has 0 aliphatic heterocycles. The number of amides is 1. The minimum Gasteiger partial charge on any atom is -0.322 e. The molecule has 0 spiro atoms. The van der Waals surface area contributed by atoms with Crippen LogP contribution < -0.4 is 11.1 Å². The molecule has 5 heteroatoms. The number of carbonyl (C=O) groups is 1. The van der Waals surface area contributed by atoms with Crippen LogP contribution in [0.1, 0.15) is 39.6 Å². The van der Waals surface area contributed by atoms with Crippen molar-refractivity contribution in [1.29, 1.82) is 0 Å². The van der Waals surface area contributed by atoms with Crippen LogP contribution in [0.25, 0.3) is 0 Å². The Morgan fingerprint density at radius 3 is 2.47 bits per heavy atom. The number of nitrogens with one attached hydrogen (secondary N) is 1. The van der Waals surface area contributed by atoms with Crippen molar-refractivity contribution in [3.05, 3.63) is 45.4 Å². The first-order valence-electron chi connectivity index (χ1n) is 6.06. The van der Waals surface area contributed by atoms with Gasteiger partial charge >= 0.3 is 0 Å². The molecule has 4 nitrogen and oxygen atoms in total. The Morgan fingerprint density at radius 1 is 1.32 bits per heavy atom. The summed E-state index contributed by atoms with van der Waals surface area (Å²) in [4.78, 5) is 16.3. The summed E-state index contributed by atoms with van der Waals surface area (Å²) in [6.45, 7) is 5.85. The highest BCUT2D eigenvalue weighted by Gasteiger charge is 2.13. The number of aryl methyl sites for hydroxylation is 2. The van der Waals surface area contributed by atoms with Crippen LogP contribution in [-0.2, 0) is 0 Å². The fourth-order valence-electron chi connectivity index (χ4n) is 1.84. The average Bonchev–Trinajstić information content (AvgIpc) is 2.76. The van der Waals surface area contributed by atoms with Gasteiger partial charge in [-0.1, -0.05) is 6.07 Å². The molecule has 0 fully saturated rings. The summed E-state index contributed by atoms with van der Waals surface area (Å²) < 4.78 is 0. The van der Waals surface area contributed by atoms with Gasteiger partial charge in [0.1, 0.15) is 10.7 Å². The first-order valence-corrected chi connectivity index (χ1v) is 6.94. The predicted molar refractivity (Wildman–Crippen MR) is 78.6 cm³/mol. The van der Waals surface area contributed by atoms with E-state index in [0.29, 0.717) is 5.69 Å². The molecule has 1 atom stereocenters. The average molecular weight is 275 g/mol. The molecule has 2 rings (SSSR count). The van der Waals surface area contributed by atoms with Crippen LogP contribution in [-0.4, -0.2) is 10.9 Å². The summed E-state index contributed by atoms with van der Waals surface area (Å²) in [5.74, 6) is -0.201. The second-order valence-corrected chi connectivity index (χ2v) is 5.58. The highest BCUT2D eigenvalue weighted by molar-refractivity contribution is 7.09. The minimum absolute atomic E-state index is 0.146. The quantitative estimate of drug-likeness (QED) is 0.904. The Hall–Kier alpha value is -1.72. The number of rotatable bonds is 3. The summed E-state index contributed by atoms with van der Waals surface area (Å²) in [5.41, 5.74) is 9.17. The third kappa shape index (κ3) is 3.39. The zero-order valence-electron chi connectivity index (χ0n) is 11.2. The van der Waals surface area contributed by atoms with Crippen LogP contribution in [0.5, 0.6) is 0 Å². The van der Waals surface area contributed by atoms with Gasteiger partial charge in [0.05, 0.1) is 6.04 Å². The number of hydrogen-bond donors (Lipinski definition) is 2. The van der Waals surface area contributed by atoms with Gasteiger partial charge in [-0.2, -0.15) is 0 Å². The van der Waals surface area contributed by atoms with Crippen molar-refractivity contribution in [2.75, 3.05) is 5.32 Å². The first-order chi connectivity index (χ1) is 8.95. The van der Waals surface area contributed by atoms with Gasteiger partial charge in [-0.3, -0.25) is 4.79 Å². The molecular weight excluding hydrogens is 258 g/mol. The lowest BCUT2D eigenvalue weighted by atomic mass is 10.1. The van der Waals surface area contributed by atoms with E-state index in [1.54, 1.807) is 5.38 Å². The van der Waals surface area contributed by atoms with Crippen molar-refractivity contribution in [2.45, 2.75) is 26.8 Å². The van der Waals surface area contributed by atoms with E-state index in [2.05, 4.69) is 16.4 Å². The molecule has 1 unspecified atom stereocenters. The molecule has 1 heterocycles. The highest BCUT2D eigenvalue weighted by atomic mass is 32.1. The SMILES string of the molecule is Cc1cc(C)cc(NC(=O)c2csc(C(C)N)n2)c1. The van der Waals surface area contributed by atoms with E-state index in [9.17, 15) is 4.79 Å². The van der Waals surface area contributed by atoms with Gasteiger partial charge in [-0.05, 0) is 44.0 Å². The normalized spacial score (nSPS) is 12.2. The predicted octanol–water partition coefficient (Wildman–Crippen LogP) is 3.03. The lowest BCUT2D eigenvalue weighted by Crippen LogP contribution is -2.13. The van der Waals surface area contributed by atoms with Crippen LogP contribution in [0.2, 0.25) is 0 Å².